The van der Waals surface area contributed by atoms with Crippen LogP contribution in [0.4, 0.5) is 0 Å². The number of aliphatic hydroxyl groups is 1. The monoisotopic (exact) mass is 252 g/mol. The lowest BCUT2D eigenvalue weighted by atomic mass is 9.96. The molecule has 2 rings (SSSR count). The largest absolute Gasteiger partial charge is 0.486 e. The zero-order valence-corrected chi connectivity index (χ0v) is 11.2. The summed E-state index contributed by atoms with van der Waals surface area (Å²) < 4.78 is 5.89. The van der Waals surface area contributed by atoms with Gasteiger partial charge in [-0.05, 0) is 24.5 Å². The molecule has 1 heterocycles. The average molecular weight is 252 g/mol. The van der Waals surface area contributed by atoms with Crippen LogP contribution in [-0.4, -0.2) is 23.1 Å². The van der Waals surface area contributed by atoms with Crippen molar-refractivity contribution in [3.8, 4) is 5.75 Å². The van der Waals surface area contributed by atoms with E-state index in [-0.39, 0.29) is 12.2 Å². The number of hydrogen-bond donors (Lipinski definition) is 1. The third-order valence-electron chi connectivity index (χ3n) is 3.24. The van der Waals surface area contributed by atoms with Gasteiger partial charge in [0.1, 0.15) is 11.9 Å². The van der Waals surface area contributed by atoms with Gasteiger partial charge in [0.05, 0.1) is 6.10 Å². The van der Waals surface area contributed by atoms with Gasteiger partial charge in [-0.15, -0.1) is 11.8 Å². The van der Waals surface area contributed by atoms with Gasteiger partial charge in [0, 0.05) is 10.6 Å². The molecular weight excluding hydrogens is 232 g/mol. The van der Waals surface area contributed by atoms with E-state index in [9.17, 15) is 5.11 Å². The SMILES string of the molecule is CCCC(C)C(O)C1CSc2ccccc2O1. The molecule has 2 nitrogen and oxygen atoms in total. The highest BCUT2D eigenvalue weighted by atomic mass is 32.2. The number of ether oxygens (including phenoxy) is 1. The number of hydrogen-bond acceptors (Lipinski definition) is 3. The molecule has 0 saturated carbocycles. The fraction of sp³-hybridized carbons (Fsp3) is 0.571. The standard InChI is InChI=1S/C14H20O2S/c1-3-6-10(2)14(15)12-9-17-13-8-5-4-7-11(13)16-12/h4-5,7-8,10,12,14-15H,3,6,9H2,1-2H3. The number of aliphatic hydroxyl groups excluding tert-OH is 1. The van der Waals surface area contributed by atoms with Gasteiger partial charge >= 0.3 is 0 Å². The lowest BCUT2D eigenvalue weighted by Crippen LogP contribution is -2.40. The highest BCUT2D eigenvalue weighted by Gasteiger charge is 2.29. The third kappa shape index (κ3) is 2.96. The van der Waals surface area contributed by atoms with Crippen molar-refractivity contribution in [2.45, 2.75) is 43.8 Å². The Morgan fingerprint density at radius 1 is 1.47 bits per heavy atom. The fourth-order valence-electron chi connectivity index (χ4n) is 2.20. The Kier molecular flexibility index (Phi) is 4.35. The molecule has 94 valence electrons. The first-order valence-corrected chi connectivity index (χ1v) is 7.27. The number of thioether (sulfide) groups is 1. The average Bonchev–Trinajstić information content (AvgIpc) is 2.37. The van der Waals surface area contributed by atoms with E-state index in [1.807, 2.05) is 18.2 Å². The molecule has 1 aromatic rings. The zero-order valence-electron chi connectivity index (χ0n) is 10.4. The van der Waals surface area contributed by atoms with Gasteiger partial charge in [0.25, 0.3) is 0 Å². The first-order valence-electron chi connectivity index (χ1n) is 6.29. The van der Waals surface area contributed by atoms with Crippen LogP contribution >= 0.6 is 11.8 Å². The van der Waals surface area contributed by atoms with Gasteiger partial charge in [-0.2, -0.15) is 0 Å². The summed E-state index contributed by atoms with van der Waals surface area (Å²) in [6.07, 6.45) is 1.72. The van der Waals surface area contributed by atoms with Crippen molar-refractivity contribution in [1.29, 1.82) is 0 Å². The molecule has 0 amide bonds. The molecule has 3 atom stereocenters. The summed E-state index contributed by atoms with van der Waals surface area (Å²) >= 11 is 1.78. The molecule has 0 aliphatic carbocycles. The Bertz CT molecular complexity index is 367. The van der Waals surface area contributed by atoms with Crippen LogP contribution in [0.1, 0.15) is 26.7 Å². The first kappa shape index (κ1) is 12.8. The van der Waals surface area contributed by atoms with Gasteiger partial charge in [-0.3, -0.25) is 0 Å². The molecule has 0 bridgehead atoms. The summed E-state index contributed by atoms with van der Waals surface area (Å²) in [5.41, 5.74) is 0. The van der Waals surface area contributed by atoms with Crippen molar-refractivity contribution in [2.24, 2.45) is 5.92 Å². The second-order valence-electron chi connectivity index (χ2n) is 4.67. The van der Waals surface area contributed by atoms with E-state index in [1.54, 1.807) is 11.8 Å². The molecule has 0 fully saturated rings. The fourth-order valence-corrected chi connectivity index (χ4v) is 3.24. The quantitative estimate of drug-likeness (QED) is 0.891. The number of rotatable bonds is 4. The van der Waals surface area contributed by atoms with Crippen molar-refractivity contribution in [1.82, 2.24) is 0 Å². The Morgan fingerprint density at radius 2 is 2.24 bits per heavy atom. The minimum atomic E-state index is -0.365. The summed E-state index contributed by atoms with van der Waals surface area (Å²) in [6, 6.07) is 8.04. The van der Waals surface area contributed by atoms with Crippen molar-refractivity contribution < 1.29 is 9.84 Å². The van der Waals surface area contributed by atoms with Gasteiger partial charge in [-0.1, -0.05) is 32.4 Å². The van der Waals surface area contributed by atoms with E-state index >= 15 is 0 Å². The van der Waals surface area contributed by atoms with Crippen LogP contribution in [-0.2, 0) is 0 Å². The second-order valence-corrected chi connectivity index (χ2v) is 5.73. The minimum Gasteiger partial charge on any atom is -0.486 e. The molecule has 0 spiro atoms. The van der Waals surface area contributed by atoms with Crippen LogP contribution in [0, 0.1) is 5.92 Å². The molecule has 3 unspecified atom stereocenters. The lowest BCUT2D eigenvalue weighted by Gasteiger charge is -2.31. The van der Waals surface area contributed by atoms with Crippen LogP contribution in [0.25, 0.3) is 0 Å². The highest BCUT2D eigenvalue weighted by Crippen LogP contribution is 2.36. The lowest BCUT2D eigenvalue weighted by molar-refractivity contribution is 0.00848. The predicted molar refractivity (Wildman–Crippen MR) is 71.7 cm³/mol. The van der Waals surface area contributed by atoms with Crippen molar-refractivity contribution in [3.05, 3.63) is 24.3 Å². The number of para-hydroxylation sites is 1. The molecule has 1 aliphatic heterocycles. The second kappa shape index (κ2) is 5.78. The summed E-state index contributed by atoms with van der Waals surface area (Å²) in [5.74, 6) is 2.05. The molecular formula is C14H20O2S. The van der Waals surface area contributed by atoms with Crippen LogP contribution in [0.3, 0.4) is 0 Å². The van der Waals surface area contributed by atoms with E-state index in [0.717, 1.165) is 24.3 Å². The van der Waals surface area contributed by atoms with Crippen LogP contribution in [0.15, 0.2) is 29.2 Å². The predicted octanol–water partition coefficient (Wildman–Crippen LogP) is 3.34. The molecule has 0 aromatic heterocycles. The summed E-state index contributed by atoms with van der Waals surface area (Å²) in [7, 11) is 0. The van der Waals surface area contributed by atoms with E-state index in [2.05, 4.69) is 19.9 Å². The van der Waals surface area contributed by atoms with E-state index < -0.39 is 0 Å². The van der Waals surface area contributed by atoms with Gasteiger partial charge < -0.3 is 9.84 Å². The minimum absolute atomic E-state index is 0.0727. The maximum absolute atomic E-state index is 10.3. The van der Waals surface area contributed by atoms with Gasteiger partial charge in [-0.25, -0.2) is 0 Å². The van der Waals surface area contributed by atoms with Gasteiger partial charge in [0.2, 0.25) is 0 Å². The normalized spacial score (nSPS) is 22.4. The zero-order chi connectivity index (χ0) is 12.3. The first-order chi connectivity index (χ1) is 8.22. The van der Waals surface area contributed by atoms with Crippen LogP contribution in [0.2, 0.25) is 0 Å². The molecule has 1 N–H and O–H groups in total. The van der Waals surface area contributed by atoms with Gasteiger partial charge in [0.15, 0.2) is 0 Å². The Hall–Kier alpha value is -0.670. The van der Waals surface area contributed by atoms with Crippen molar-refractivity contribution in [2.75, 3.05) is 5.75 Å². The third-order valence-corrected chi connectivity index (χ3v) is 4.38. The van der Waals surface area contributed by atoms with Crippen LogP contribution in [0.5, 0.6) is 5.75 Å². The Balaban J connectivity index is 2.02. The number of fused-ring (bicyclic) bond motifs is 1. The Labute approximate surface area is 107 Å². The van der Waals surface area contributed by atoms with E-state index in [0.29, 0.717) is 5.92 Å². The smallest absolute Gasteiger partial charge is 0.134 e. The summed E-state index contributed by atoms with van der Waals surface area (Å²) in [5, 5.41) is 10.3. The number of benzene rings is 1. The van der Waals surface area contributed by atoms with Crippen molar-refractivity contribution >= 4 is 11.8 Å². The van der Waals surface area contributed by atoms with E-state index in [4.69, 9.17) is 4.74 Å². The van der Waals surface area contributed by atoms with E-state index in [1.165, 1.54) is 4.90 Å². The molecule has 0 radical (unpaired) electrons. The maximum Gasteiger partial charge on any atom is 0.134 e. The maximum atomic E-state index is 10.3. The molecule has 1 aromatic carbocycles. The molecule has 17 heavy (non-hydrogen) atoms. The van der Waals surface area contributed by atoms with Crippen LogP contribution < -0.4 is 4.74 Å². The molecule has 0 saturated heterocycles. The van der Waals surface area contributed by atoms with Crippen molar-refractivity contribution in [3.63, 3.8) is 0 Å². The Morgan fingerprint density at radius 3 is 3.00 bits per heavy atom. The topological polar surface area (TPSA) is 29.5 Å². The highest BCUT2D eigenvalue weighted by molar-refractivity contribution is 7.99. The molecule has 1 aliphatic rings. The summed E-state index contributed by atoms with van der Waals surface area (Å²) in [6.45, 7) is 4.25. The molecule has 3 heteroatoms. The summed E-state index contributed by atoms with van der Waals surface area (Å²) in [4.78, 5) is 1.18.